The molecule has 0 bridgehead atoms. The van der Waals surface area contributed by atoms with Gasteiger partial charge in [-0.05, 0) is 60.1 Å². The van der Waals surface area contributed by atoms with Crippen molar-refractivity contribution in [2.75, 3.05) is 17.2 Å². The number of hydrogen-bond acceptors (Lipinski definition) is 4. The van der Waals surface area contributed by atoms with E-state index in [1.165, 1.54) is 0 Å². The maximum atomic E-state index is 12.6. The molecule has 170 valence electrons. The summed E-state index contributed by atoms with van der Waals surface area (Å²) >= 11 is 5.29. The summed E-state index contributed by atoms with van der Waals surface area (Å²) < 4.78 is 5.68. The maximum Gasteiger partial charge on any atom is 0.257 e. The van der Waals surface area contributed by atoms with Crippen LogP contribution in [-0.2, 0) is 11.2 Å². The lowest BCUT2D eigenvalue weighted by atomic mass is 10.1. The summed E-state index contributed by atoms with van der Waals surface area (Å²) in [6.07, 6.45) is 0.285. The van der Waals surface area contributed by atoms with Crippen LogP contribution in [0.3, 0.4) is 0 Å². The molecule has 3 aromatic rings. The lowest BCUT2D eigenvalue weighted by Crippen LogP contribution is -2.34. The van der Waals surface area contributed by atoms with E-state index in [0.717, 1.165) is 5.56 Å². The zero-order valence-electron chi connectivity index (χ0n) is 18.6. The summed E-state index contributed by atoms with van der Waals surface area (Å²) in [4.78, 5) is 24.9. The molecule has 0 aromatic heterocycles. The van der Waals surface area contributed by atoms with Gasteiger partial charge >= 0.3 is 0 Å². The topological polar surface area (TPSA) is 79.5 Å². The van der Waals surface area contributed by atoms with Gasteiger partial charge in [-0.1, -0.05) is 56.3 Å². The largest absolute Gasteiger partial charge is 0.493 e. The first-order chi connectivity index (χ1) is 15.9. The summed E-state index contributed by atoms with van der Waals surface area (Å²) in [5.41, 5.74) is 2.66. The Balaban J connectivity index is 1.54. The number of rotatable bonds is 8. The molecule has 7 heteroatoms. The van der Waals surface area contributed by atoms with Crippen molar-refractivity contribution < 1.29 is 14.3 Å². The molecule has 2 amide bonds. The molecule has 0 aliphatic rings. The van der Waals surface area contributed by atoms with E-state index in [2.05, 4.69) is 29.8 Å². The zero-order valence-corrected chi connectivity index (χ0v) is 19.4. The van der Waals surface area contributed by atoms with Crippen LogP contribution < -0.4 is 20.7 Å². The van der Waals surface area contributed by atoms with Gasteiger partial charge in [-0.3, -0.25) is 14.9 Å². The lowest BCUT2D eigenvalue weighted by Gasteiger charge is -2.12. The van der Waals surface area contributed by atoms with Gasteiger partial charge in [-0.25, -0.2) is 0 Å². The van der Waals surface area contributed by atoms with Gasteiger partial charge in [0, 0.05) is 16.9 Å². The number of carbonyl (C=O) groups excluding carboxylic acids is 2. The van der Waals surface area contributed by atoms with E-state index in [1.54, 1.807) is 42.5 Å². The molecule has 0 saturated carbocycles. The molecule has 0 unspecified atom stereocenters. The predicted octanol–water partition coefficient (Wildman–Crippen LogP) is 5.03. The van der Waals surface area contributed by atoms with Gasteiger partial charge in [0.2, 0.25) is 5.91 Å². The van der Waals surface area contributed by atoms with Crippen LogP contribution >= 0.6 is 12.2 Å². The maximum absolute atomic E-state index is 12.6. The number of benzene rings is 3. The molecule has 6 nitrogen and oxygen atoms in total. The molecule has 0 radical (unpaired) electrons. The minimum absolute atomic E-state index is 0.117. The highest BCUT2D eigenvalue weighted by atomic mass is 32.1. The third kappa shape index (κ3) is 8.05. The lowest BCUT2D eigenvalue weighted by molar-refractivity contribution is -0.115. The molecule has 0 fully saturated rings. The van der Waals surface area contributed by atoms with E-state index in [4.69, 9.17) is 17.0 Å². The third-order valence-corrected chi connectivity index (χ3v) is 4.72. The van der Waals surface area contributed by atoms with Crippen LogP contribution in [0.4, 0.5) is 11.4 Å². The summed E-state index contributed by atoms with van der Waals surface area (Å²) in [6, 6.07) is 23.6. The standard InChI is InChI=1S/C26H27N3O3S/c1-18(2)17-32-23-13-6-10-20(15-23)25(31)29-26(33)28-22-12-7-11-21(16-22)27-24(30)14-19-8-4-3-5-9-19/h3-13,15-16,18H,14,17H2,1-2H3,(H,27,30)(H2,28,29,31,33). The second-order valence-corrected chi connectivity index (χ2v) is 8.34. The summed E-state index contributed by atoms with van der Waals surface area (Å²) in [6.45, 7) is 4.69. The van der Waals surface area contributed by atoms with Crippen LogP contribution in [0.15, 0.2) is 78.9 Å². The van der Waals surface area contributed by atoms with Crippen molar-refractivity contribution in [1.82, 2.24) is 5.32 Å². The Labute approximate surface area is 199 Å². The first kappa shape index (κ1) is 23.9. The molecule has 0 atom stereocenters. The van der Waals surface area contributed by atoms with Crippen LogP contribution in [-0.4, -0.2) is 23.5 Å². The highest BCUT2D eigenvalue weighted by molar-refractivity contribution is 7.80. The van der Waals surface area contributed by atoms with Crippen molar-refractivity contribution in [3.8, 4) is 5.75 Å². The van der Waals surface area contributed by atoms with Crippen molar-refractivity contribution in [2.45, 2.75) is 20.3 Å². The minimum Gasteiger partial charge on any atom is -0.493 e. The van der Waals surface area contributed by atoms with Gasteiger partial charge in [0.25, 0.3) is 5.91 Å². The zero-order chi connectivity index (χ0) is 23.6. The number of thiocarbonyl (C=S) groups is 1. The van der Waals surface area contributed by atoms with Crippen molar-refractivity contribution in [3.63, 3.8) is 0 Å². The Hall–Kier alpha value is -3.71. The number of ether oxygens (including phenoxy) is 1. The fourth-order valence-electron chi connectivity index (χ4n) is 2.99. The van der Waals surface area contributed by atoms with Crippen LogP contribution in [0.5, 0.6) is 5.75 Å². The Morgan fingerprint density at radius 1 is 0.879 bits per heavy atom. The molecule has 3 aromatic carbocycles. The predicted molar refractivity (Wildman–Crippen MR) is 136 cm³/mol. The molecule has 0 aliphatic heterocycles. The van der Waals surface area contributed by atoms with Crippen molar-refractivity contribution >= 4 is 40.5 Å². The Bertz CT molecular complexity index is 1120. The van der Waals surface area contributed by atoms with E-state index in [1.807, 2.05) is 36.4 Å². The molecular weight excluding hydrogens is 434 g/mol. The van der Waals surface area contributed by atoms with Gasteiger partial charge in [-0.15, -0.1) is 0 Å². The van der Waals surface area contributed by atoms with E-state index in [0.29, 0.717) is 35.2 Å². The van der Waals surface area contributed by atoms with Crippen LogP contribution in [0.2, 0.25) is 0 Å². The van der Waals surface area contributed by atoms with Gasteiger partial charge in [0.05, 0.1) is 13.0 Å². The summed E-state index contributed by atoms with van der Waals surface area (Å²) in [7, 11) is 0. The van der Waals surface area contributed by atoms with Crippen LogP contribution in [0.25, 0.3) is 0 Å². The molecule has 0 spiro atoms. The van der Waals surface area contributed by atoms with Crippen LogP contribution in [0.1, 0.15) is 29.8 Å². The summed E-state index contributed by atoms with van der Waals surface area (Å²) in [5, 5.41) is 8.67. The smallest absolute Gasteiger partial charge is 0.257 e. The fraction of sp³-hybridized carbons (Fsp3) is 0.192. The minimum atomic E-state index is -0.338. The molecule has 33 heavy (non-hydrogen) atoms. The number of anilines is 2. The Kier molecular flexibility index (Phi) is 8.55. The first-order valence-corrected chi connectivity index (χ1v) is 11.1. The Morgan fingerprint density at radius 2 is 1.58 bits per heavy atom. The second-order valence-electron chi connectivity index (χ2n) is 7.93. The average molecular weight is 462 g/mol. The molecule has 0 heterocycles. The monoisotopic (exact) mass is 461 g/mol. The first-order valence-electron chi connectivity index (χ1n) is 10.7. The third-order valence-electron chi connectivity index (χ3n) is 4.52. The van der Waals surface area contributed by atoms with Crippen molar-refractivity contribution in [3.05, 3.63) is 90.0 Å². The SMILES string of the molecule is CC(C)COc1cccc(C(=O)NC(=S)Nc2cccc(NC(=O)Cc3ccccc3)c2)c1. The molecule has 3 N–H and O–H groups in total. The number of amides is 2. The highest BCUT2D eigenvalue weighted by Gasteiger charge is 2.10. The molecule has 0 saturated heterocycles. The molecule has 3 rings (SSSR count). The van der Waals surface area contributed by atoms with Gasteiger partial charge in [0.1, 0.15) is 5.75 Å². The number of hydrogen-bond donors (Lipinski definition) is 3. The van der Waals surface area contributed by atoms with E-state index >= 15 is 0 Å². The molecular formula is C26H27N3O3S. The quantitative estimate of drug-likeness (QED) is 0.410. The van der Waals surface area contributed by atoms with E-state index < -0.39 is 0 Å². The highest BCUT2D eigenvalue weighted by Crippen LogP contribution is 2.17. The second kappa shape index (κ2) is 11.8. The van der Waals surface area contributed by atoms with Gasteiger partial charge < -0.3 is 15.4 Å². The Morgan fingerprint density at radius 3 is 2.30 bits per heavy atom. The average Bonchev–Trinajstić information content (AvgIpc) is 2.78. The van der Waals surface area contributed by atoms with E-state index in [-0.39, 0.29) is 23.3 Å². The van der Waals surface area contributed by atoms with Gasteiger partial charge in [0.15, 0.2) is 5.11 Å². The van der Waals surface area contributed by atoms with Crippen LogP contribution in [0, 0.1) is 5.92 Å². The number of carbonyl (C=O) groups is 2. The van der Waals surface area contributed by atoms with Crippen molar-refractivity contribution in [2.24, 2.45) is 5.92 Å². The summed E-state index contributed by atoms with van der Waals surface area (Å²) in [5.74, 6) is 0.566. The normalized spacial score (nSPS) is 10.4. The number of nitrogens with one attached hydrogen (secondary N) is 3. The van der Waals surface area contributed by atoms with Gasteiger partial charge in [-0.2, -0.15) is 0 Å². The van der Waals surface area contributed by atoms with E-state index in [9.17, 15) is 9.59 Å². The van der Waals surface area contributed by atoms with Crippen molar-refractivity contribution in [1.29, 1.82) is 0 Å². The fourth-order valence-corrected chi connectivity index (χ4v) is 3.20. The molecule has 0 aliphatic carbocycles.